The van der Waals surface area contributed by atoms with Crippen LogP contribution in [0.2, 0.25) is 0 Å². The SMILES string of the molecule is CN=C(NCc1ccnn1C)N1CC=C(c2cccc(OC)c2)CC1. The van der Waals surface area contributed by atoms with Gasteiger partial charge < -0.3 is 15.0 Å². The molecule has 1 aliphatic heterocycles. The van der Waals surface area contributed by atoms with Crippen LogP contribution in [0.3, 0.4) is 0 Å². The molecule has 1 aromatic heterocycles. The predicted molar refractivity (Wildman–Crippen MR) is 101 cm³/mol. The summed E-state index contributed by atoms with van der Waals surface area (Å²) in [6.07, 6.45) is 5.07. The van der Waals surface area contributed by atoms with Crippen LogP contribution < -0.4 is 10.1 Å². The molecule has 0 aliphatic carbocycles. The van der Waals surface area contributed by atoms with Crippen molar-refractivity contribution in [2.24, 2.45) is 12.0 Å². The van der Waals surface area contributed by atoms with Crippen molar-refractivity contribution in [2.75, 3.05) is 27.2 Å². The van der Waals surface area contributed by atoms with Gasteiger partial charge in [-0.2, -0.15) is 5.10 Å². The normalized spacial score (nSPS) is 15.1. The zero-order valence-corrected chi connectivity index (χ0v) is 15.1. The molecule has 2 aromatic rings. The number of aryl methyl sites for hydroxylation is 1. The van der Waals surface area contributed by atoms with Crippen molar-refractivity contribution in [1.82, 2.24) is 20.0 Å². The van der Waals surface area contributed by atoms with Gasteiger partial charge in [0.15, 0.2) is 5.96 Å². The molecular weight excluding hydrogens is 314 g/mol. The molecule has 0 saturated heterocycles. The largest absolute Gasteiger partial charge is 0.497 e. The van der Waals surface area contributed by atoms with E-state index in [2.05, 4.69) is 38.5 Å². The van der Waals surface area contributed by atoms with E-state index in [1.54, 1.807) is 7.11 Å². The Balaban J connectivity index is 1.63. The second-order valence-corrected chi connectivity index (χ2v) is 6.00. The summed E-state index contributed by atoms with van der Waals surface area (Å²) >= 11 is 0. The number of ether oxygens (including phenoxy) is 1. The van der Waals surface area contributed by atoms with Crippen LogP contribution in [-0.4, -0.2) is 47.9 Å². The Morgan fingerprint density at radius 3 is 2.88 bits per heavy atom. The number of nitrogens with one attached hydrogen (secondary N) is 1. The fourth-order valence-electron chi connectivity index (χ4n) is 3.02. The lowest BCUT2D eigenvalue weighted by Crippen LogP contribution is -2.43. The molecule has 0 fully saturated rings. The number of aliphatic imine (C=N–C) groups is 1. The van der Waals surface area contributed by atoms with Gasteiger partial charge in [-0.15, -0.1) is 0 Å². The number of benzene rings is 1. The van der Waals surface area contributed by atoms with Crippen LogP contribution >= 0.6 is 0 Å². The highest BCUT2D eigenvalue weighted by Gasteiger charge is 2.16. The lowest BCUT2D eigenvalue weighted by molar-refractivity contribution is 0.414. The van der Waals surface area contributed by atoms with Crippen molar-refractivity contribution in [3.8, 4) is 5.75 Å². The summed E-state index contributed by atoms with van der Waals surface area (Å²) < 4.78 is 7.20. The molecule has 1 aliphatic rings. The molecule has 0 atom stereocenters. The fourth-order valence-corrected chi connectivity index (χ4v) is 3.02. The summed E-state index contributed by atoms with van der Waals surface area (Å²) in [6, 6.07) is 10.3. The molecule has 1 N–H and O–H groups in total. The molecule has 6 nitrogen and oxygen atoms in total. The molecule has 0 amide bonds. The number of aromatic nitrogens is 2. The molecule has 2 heterocycles. The Kier molecular flexibility index (Phi) is 5.38. The van der Waals surface area contributed by atoms with Gasteiger partial charge in [0.2, 0.25) is 0 Å². The minimum Gasteiger partial charge on any atom is -0.497 e. The van der Waals surface area contributed by atoms with E-state index in [9.17, 15) is 0 Å². The summed E-state index contributed by atoms with van der Waals surface area (Å²) in [7, 11) is 5.48. The van der Waals surface area contributed by atoms with Crippen molar-refractivity contribution in [3.63, 3.8) is 0 Å². The van der Waals surface area contributed by atoms with Gasteiger partial charge in [-0.1, -0.05) is 18.2 Å². The Bertz CT molecular complexity index is 778. The highest BCUT2D eigenvalue weighted by Crippen LogP contribution is 2.25. The molecule has 25 heavy (non-hydrogen) atoms. The first-order valence-corrected chi connectivity index (χ1v) is 8.47. The third kappa shape index (κ3) is 4.02. The average molecular weight is 339 g/mol. The van der Waals surface area contributed by atoms with E-state index in [-0.39, 0.29) is 0 Å². The van der Waals surface area contributed by atoms with Crippen LogP contribution in [0, 0.1) is 0 Å². The molecule has 3 rings (SSSR count). The van der Waals surface area contributed by atoms with Gasteiger partial charge in [0.1, 0.15) is 5.75 Å². The fraction of sp³-hybridized carbons (Fsp3) is 0.368. The number of hydrogen-bond donors (Lipinski definition) is 1. The second-order valence-electron chi connectivity index (χ2n) is 6.00. The van der Waals surface area contributed by atoms with Gasteiger partial charge in [-0.3, -0.25) is 9.67 Å². The van der Waals surface area contributed by atoms with Crippen molar-refractivity contribution in [2.45, 2.75) is 13.0 Å². The molecule has 0 saturated carbocycles. The number of guanidine groups is 1. The topological polar surface area (TPSA) is 54.7 Å². The second kappa shape index (κ2) is 7.88. The van der Waals surface area contributed by atoms with E-state index in [0.717, 1.165) is 36.9 Å². The zero-order chi connectivity index (χ0) is 17.6. The monoisotopic (exact) mass is 339 g/mol. The summed E-state index contributed by atoms with van der Waals surface area (Å²) in [4.78, 5) is 6.68. The van der Waals surface area contributed by atoms with E-state index in [1.165, 1.54) is 11.1 Å². The Morgan fingerprint density at radius 2 is 2.24 bits per heavy atom. The molecule has 1 aromatic carbocycles. The minimum atomic E-state index is 0.714. The molecule has 0 radical (unpaired) electrons. The Labute approximate surface area is 148 Å². The highest BCUT2D eigenvalue weighted by molar-refractivity contribution is 5.81. The van der Waals surface area contributed by atoms with Crippen molar-refractivity contribution >= 4 is 11.5 Å². The quantitative estimate of drug-likeness (QED) is 0.686. The molecule has 6 heteroatoms. The van der Waals surface area contributed by atoms with Gasteiger partial charge in [-0.05, 0) is 35.8 Å². The zero-order valence-electron chi connectivity index (χ0n) is 15.1. The van der Waals surface area contributed by atoms with Crippen molar-refractivity contribution in [3.05, 3.63) is 53.9 Å². The average Bonchev–Trinajstić information content (AvgIpc) is 3.08. The molecule has 0 spiro atoms. The highest BCUT2D eigenvalue weighted by atomic mass is 16.5. The molecule has 0 unspecified atom stereocenters. The number of methoxy groups -OCH3 is 1. The van der Waals surface area contributed by atoms with E-state index >= 15 is 0 Å². The van der Waals surface area contributed by atoms with Crippen LogP contribution in [-0.2, 0) is 13.6 Å². The lowest BCUT2D eigenvalue weighted by Gasteiger charge is -2.29. The molecule has 132 valence electrons. The summed E-state index contributed by atoms with van der Waals surface area (Å²) in [5.74, 6) is 1.82. The van der Waals surface area contributed by atoms with Gasteiger partial charge in [0.05, 0.1) is 19.3 Å². The maximum Gasteiger partial charge on any atom is 0.194 e. The maximum atomic E-state index is 5.33. The number of hydrogen-bond acceptors (Lipinski definition) is 3. The number of nitrogens with zero attached hydrogens (tertiary/aromatic N) is 4. The summed E-state index contributed by atoms with van der Waals surface area (Å²) in [6.45, 7) is 2.50. The van der Waals surface area contributed by atoms with Gasteiger partial charge in [-0.25, -0.2) is 0 Å². The van der Waals surface area contributed by atoms with Crippen LogP contribution in [0.25, 0.3) is 5.57 Å². The standard InChI is InChI=1S/C19H25N5O/c1-20-19(21-14-17-7-10-22-23(17)2)24-11-8-15(9-12-24)16-5-4-6-18(13-16)25-3/h4-8,10,13H,9,11-12,14H2,1-3H3,(H,20,21). The third-order valence-electron chi connectivity index (χ3n) is 4.51. The first-order valence-electron chi connectivity index (χ1n) is 8.47. The van der Waals surface area contributed by atoms with Crippen LogP contribution in [0.4, 0.5) is 0 Å². The smallest absolute Gasteiger partial charge is 0.194 e. The Morgan fingerprint density at radius 1 is 1.36 bits per heavy atom. The molecular formula is C19H25N5O. The predicted octanol–water partition coefficient (Wildman–Crippen LogP) is 2.29. The van der Waals surface area contributed by atoms with Crippen LogP contribution in [0.15, 0.2) is 47.6 Å². The lowest BCUT2D eigenvalue weighted by atomic mass is 9.99. The van der Waals surface area contributed by atoms with Gasteiger partial charge in [0.25, 0.3) is 0 Å². The van der Waals surface area contributed by atoms with Gasteiger partial charge >= 0.3 is 0 Å². The van der Waals surface area contributed by atoms with Crippen molar-refractivity contribution in [1.29, 1.82) is 0 Å². The van der Waals surface area contributed by atoms with Crippen LogP contribution in [0.1, 0.15) is 17.7 Å². The Hall–Kier alpha value is -2.76. The first kappa shape index (κ1) is 17.1. The van der Waals surface area contributed by atoms with E-state index in [4.69, 9.17) is 4.74 Å². The van der Waals surface area contributed by atoms with E-state index in [1.807, 2.05) is 43.2 Å². The first-order chi connectivity index (χ1) is 12.2. The minimum absolute atomic E-state index is 0.714. The van der Waals surface area contributed by atoms with Gasteiger partial charge in [0, 0.05) is 33.4 Å². The van der Waals surface area contributed by atoms with E-state index in [0.29, 0.717) is 6.54 Å². The van der Waals surface area contributed by atoms with Crippen LogP contribution in [0.5, 0.6) is 5.75 Å². The maximum absolute atomic E-state index is 5.33. The third-order valence-corrected chi connectivity index (χ3v) is 4.51. The number of rotatable bonds is 4. The summed E-state index contributed by atoms with van der Waals surface area (Å²) in [5.41, 5.74) is 3.72. The van der Waals surface area contributed by atoms with E-state index < -0.39 is 0 Å². The summed E-state index contributed by atoms with van der Waals surface area (Å²) in [5, 5.41) is 7.62. The van der Waals surface area contributed by atoms with Crippen molar-refractivity contribution < 1.29 is 4.74 Å². The molecule has 0 bridgehead atoms.